The minimum Gasteiger partial charge on any atom is -0.392 e. The molecule has 0 bridgehead atoms. The third-order valence-electron chi connectivity index (χ3n) is 4.30. The minimum absolute atomic E-state index is 0.190. The van der Waals surface area contributed by atoms with Crippen molar-refractivity contribution in [3.63, 3.8) is 0 Å². The lowest BCUT2D eigenvalue weighted by Crippen LogP contribution is -2.35. The molecule has 3 atom stereocenters. The fraction of sp³-hybridized carbons (Fsp3) is 0.929. The van der Waals surface area contributed by atoms with Crippen molar-refractivity contribution in [1.29, 1.82) is 0 Å². The number of rotatable bonds is 5. The molecule has 94 valence electrons. The highest BCUT2D eigenvalue weighted by Gasteiger charge is 2.31. The number of ketones is 1. The van der Waals surface area contributed by atoms with Gasteiger partial charge in [0, 0.05) is 12.3 Å². The molecule has 0 radical (unpaired) electrons. The van der Waals surface area contributed by atoms with E-state index in [1.807, 2.05) is 13.8 Å². The van der Waals surface area contributed by atoms with E-state index in [1.54, 1.807) is 0 Å². The summed E-state index contributed by atoms with van der Waals surface area (Å²) in [4.78, 5) is 11.6. The third kappa shape index (κ3) is 3.31. The first kappa shape index (κ1) is 13.7. The number of carbonyl (C=O) groups excluding carboxylic acids is 1. The van der Waals surface area contributed by atoms with E-state index in [0.29, 0.717) is 12.3 Å². The van der Waals surface area contributed by atoms with Crippen molar-refractivity contribution in [2.45, 2.75) is 65.4 Å². The molecule has 1 aliphatic rings. The molecule has 0 unspecified atom stereocenters. The van der Waals surface area contributed by atoms with E-state index in [2.05, 4.69) is 6.92 Å². The molecule has 0 aromatic carbocycles. The first-order valence-electron chi connectivity index (χ1n) is 6.78. The Morgan fingerprint density at radius 1 is 1.25 bits per heavy atom. The quantitative estimate of drug-likeness (QED) is 0.781. The predicted molar refractivity (Wildman–Crippen MR) is 66.2 cm³/mol. The Balaban J connectivity index is 2.51. The topological polar surface area (TPSA) is 37.3 Å². The van der Waals surface area contributed by atoms with E-state index in [0.717, 1.165) is 0 Å². The van der Waals surface area contributed by atoms with Crippen LogP contribution < -0.4 is 0 Å². The van der Waals surface area contributed by atoms with Crippen LogP contribution in [0.4, 0.5) is 0 Å². The van der Waals surface area contributed by atoms with E-state index in [-0.39, 0.29) is 17.6 Å². The summed E-state index contributed by atoms with van der Waals surface area (Å²) in [5, 5.41) is 10.2. The molecule has 0 spiro atoms. The highest BCUT2D eigenvalue weighted by Crippen LogP contribution is 2.33. The first-order valence-corrected chi connectivity index (χ1v) is 6.78. The van der Waals surface area contributed by atoms with Crippen molar-refractivity contribution in [3.05, 3.63) is 0 Å². The van der Waals surface area contributed by atoms with Crippen molar-refractivity contribution in [1.82, 2.24) is 0 Å². The third-order valence-corrected chi connectivity index (χ3v) is 4.30. The second-order valence-electron chi connectivity index (χ2n) is 5.36. The summed E-state index contributed by atoms with van der Waals surface area (Å²) < 4.78 is 0. The summed E-state index contributed by atoms with van der Waals surface area (Å²) in [6, 6.07) is 0. The fourth-order valence-corrected chi connectivity index (χ4v) is 2.91. The highest BCUT2D eigenvalue weighted by atomic mass is 16.3. The number of hydrogen-bond donors (Lipinski definition) is 1. The van der Waals surface area contributed by atoms with Gasteiger partial charge in [-0.1, -0.05) is 52.9 Å². The molecule has 0 saturated heterocycles. The Morgan fingerprint density at radius 3 is 2.31 bits per heavy atom. The molecular formula is C14H26O2. The van der Waals surface area contributed by atoms with Gasteiger partial charge in [0.25, 0.3) is 0 Å². The number of Topliss-reactive ketones (excluding diaryl/α,β-unsaturated/α-hetero) is 1. The molecule has 1 rings (SSSR count). The highest BCUT2D eigenvalue weighted by molar-refractivity contribution is 5.80. The van der Waals surface area contributed by atoms with E-state index >= 15 is 0 Å². The molecular weight excluding hydrogens is 200 g/mol. The Kier molecular flexibility index (Phi) is 5.47. The van der Waals surface area contributed by atoms with Crippen LogP contribution in [0, 0.1) is 17.8 Å². The normalized spacial score (nSPS) is 23.8. The van der Waals surface area contributed by atoms with Gasteiger partial charge < -0.3 is 5.11 Å². The SMILES string of the molecule is CCC(=O)[C@@H](C)[C@H](O)[C@@H](C)C1CCCCC1. The van der Waals surface area contributed by atoms with Gasteiger partial charge in [-0.2, -0.15) is 0 Å². The summed E-state index contributed by atoms with van der Waals surface area (Å²) in [6.45, 7) is 5.85. The Morgan fingerprint density at radius 2 is 1.81 bits per heavy atom. The molecule has 1 fully saturated rings. The van der Waals surface area contributed by atoms with Crippen molar-refractivity contribution >= 4 is 5.78 Å². The van der Waals surface area contributed by atoms with Crippen LogP contribution in [0.2, 0.25) is 0 Å². The Hall–Kier alpha value is -0.370. The van der Waals surface area contributed by atoms with Gasteiger partial charge in [0.1, 0.15) is 5.78 Å². The van der Waals surface area contributed by atoms with Crippen LogP contribution in [0.15, 0.2) is 0 Å². The number of hydrogen-bond acceptors (Lipinski definition) is 2. The van der Waals surface area contributed by atoms with Crippen LogP contribution in [0.5, 0.6) is 0 Å². The van der Waals surface area contributed by atoms with Gasteiger partial charge in [0.2, 0.25) is 0 Å². The summed E-state index contributed by atoms with van der Waals surface area (Å²) in [5.74, 6) is 0.888. The first-order chi connectivity index (χ1) is 7.57. The molecule has 0 heterocycles. The minimum atomic E-state index is -0.449. The van der Waals surface area contributed by atoms with Crippen LogP contribution in [-0.2, 0) is 4.79 Å². The molecule has 0 aromatic rings. The lowest BCUT2D eigenvalue weighted by atomic mass is 9.75. The zero-order valence-corrected chi connectivity index (χ0v) is 10.9. The summed E-state index contributed by atoms with van der Waals surface area (Å²) in [6.07, 6.45) is 6.46. The van der Waals surface area contributed by atoms with E-state index in [4.69, 9.17) is 0 Å². The summed E-state index contributed by atoms with van der Waals surface area (Å²) in [7, 11) is 0. The van der Waals surface area contributed by atoms with E-state index < -0.39 is 6.10 Å². The van der Waals surface area contributed by atoms with Crippen molar-refractivity contribution in [2.75, 3.05) is 0 Å². The molecule has 2 nitrogen and oxygen atoms in total. The van der Waals surface area contributed by atoms with Crippen LogP contribution >= 0.6 is 0 Å². The number of aliphatic hydroxyl groups is 1. The van der Waals surface area contributed by atoms with Gasteiger partial charge in [0.05, 0.1) is 6.10 Å². The second kappa shape index (κ2) is 6.39. The summed E-state index contributed by atoms with van der Waals surface area (Å²) >= 11 is 0. The maximum absolute atomic E-state index is 11.6. The molecule has 16 heavy (non-hydrogen) atoms. The van der Waals surface area contributed by atoms with Crippen LogP contribution in [0.3, 0.4) is 0 Å². The predicted octanol–water partition coefficient (Wildman–Crippen LogP) is 3.18. The molecule has 1 aliphatic carbocycles. The number of carbonyl (C=O) groups is 1. The van der Waals surface area contributed by atoms with Crippen molar-refractivity contribution < 1.29 is 9.90 Å². The average Bonchev–Trinajstić information content (AvgIpc) is 2.36. The Labute approximate surface area is 99.4 Å². The maximum Gasteiger partial charge on any atom is 0.138 e. The standard InChI is InChI=1S/C14H26O2/c1-4-13(15)11(3)14(16)10(2)12-8-6-5-7-9-12/h10-12,14,16H,4-9H2,1-3H3/t10-,11+,14+/m0/s1. The van der Waals surface area contributed by atoms with Gasteiger partial charge in [-0.25, -0.2) is 0 Å². The zero-order chi connectivity index (χ0) is 12.1. The monoisotopic (exact) mass is 226 g/mol. The van der Waals surface area contributed by atoms with E-state index in [1.165, 1.54) is 32.1 Å². The lowest BCUT2D eigenvalue weighted by molar-refractivity contribution is -0.127. The second-order valence-corrected chi connectivity index (χ2v) is 5.36. The lowest BCUT2D eigenvalue weighted by Gasteiger charge is -2.33. The number of aliphatic hydroxyl groups excluding tert-OH is 1. The average molecular weight is 226 g/mol. The Bertz CT molecular complexity index is 219. The zero-order valence-electron chi connectivity index (χ0n) is 10.9. The molecule has 0 amide bonds. The van der Waals surface area contributed by atoms with E-state index in [9.17, 15) is 9.90 Å². The van der Waals surface area contributed by atoms with Gasteiger partial charge >= 0.3 is 0 Å². The van der Waals surface area contributed by atoms with Gasteiger partial charge in [-0.15, -0.1) is 0 Å². The molecule has 0 aliphatic heterocycles. The smallest absolute Gasteiger partial charge is 0.138 e. The van der Waals surface area contributed by atoms with Gasteiger partial charge in [0.15, 0.2) is 0 Å². The largest absolute Gasteiger partial charge is 0.392 e. The molecule has 1 N–H and O–H groups in total. The van der Waals surface area contributed by atoms with Crippen molar-refractivity contribution in [2.24, 2.45) is 17.8 Å². The van der Waals surface area contributed by atoms with Crippen LogP contribution in [0.25, 0.3) is 0 Å². The fourth-order valence-electron chi connectivity index (χ4n) is 2.91. The van der Waals surface area contributed by atoms with Crippen LogP contribution in [-0.4, -0.2) is 17.0 Å². The van der Waals surface area contributed by atoms with Crippen molar-refractivity contribution in [3.8, 4) is 0 Å². The summed E-state index contributed by atoms with van der Waals surface area (Å²) in [5.41, 5.74) is 0. The van der Waals surface area contributed by atoms with Gasteiger partial charge in [-0.3, -0.25) is 4.79 Å². The van der Waals surface area contributed by atoms with Crippen LogP contribution in [0.1, 0.15) is 59.3 Å². The molecule has 0 aromatic heterocycles. The van der Waals surface area contributed by atoms with Gasteiger partial charge in [-0.05, 0) is 11.8 Å². The maximum atomic E-state index is 11.6. The molecule has 2 heteroatoms. The molecule has 1 saturated carbocycles.